The molecule has 7 heteroatoms. The average Bonchev–Trinajstić information content (AvgIpc) is 3.53. The van der Waals surface area contributed by atoms with Crippen molar-refractivity contribution in [3.8, 4) is 17.1 Å². The van der Waals surface area contributed by atoms with Gasteiger partial charge in [-0.25, -0.2) is 4.79 Å². The largest absolute Gasteiger partial charge is 0.497 e. The number of H-pyrrole nitrogens is 1. The Labute approximate surface area is 218 Å². The van der Waals surface area contributed by atoms with Gasteiger partial charge in [0.1, 0.15) is 22.7 Å². The topological polar surface area (TPSA) is 97.5 Å². The van der Waals surface area contributed by atoms with E-state index >= 15 is 0 Å². The molecule has 0 saturated carbocycles. The minimum atomic E-state index is -0.410. The maximum absolute atomic E-state index is 13.3. The normalized spacial score (nSPS) is 11.4. The second kappa shape index (κ2) is 9.27. The van der Waals surface area contributed by atoms with Crippen LogP contribution in [0.2, 0.25) is 0 Å². The number of aromatic nitrogens is 1. The molecule has 0 atom stereocenters. The van der Waals surface area contributed by atoms with Crippen molar-refractivity contribution in [1.82, 2.24) is 10.3 Å². The second-order valence-corrected chi connectivity index (χ2v) is 9.47. The molecule has 0 bridgehead atoms. The molecule has 0 aliphatic rings. The van der Waals surface area contributed by atoms with Crippen molar-refractivity contribution < 1.29 is 18.4 Å². The molecule has 0 aliphatic heterocycles. The van der Waals surface area contributed by atoms with Gasteiger partial charge < -0.3 is 23.9 Å². The molecule has 6 rings (SSSR count). The van der Waals surface area contributed by atoms with Crippen LogP contribution in [0.4, 0.5) is 0 Å². The fourth-order valence-electron chi connectivity index (χ4n) is 5.22. The third-order valence-corrected chi connectivity index (χ3v) is 7.01. The first-order valence-corrected chi connectivity index (χ1v) is 12.4. The lowest BCUT2D eigenvalue weighted by Crippen LogP contribution is -2.24. The molecule has 3 aromatic carbocycles. The number of aromatic amines is 1. The van der Waals surface area contributed by atoms with Gasteiger partial charge in [-0.1, -0.05) is 12.1 Å². The van der Waals surface area contributed by atoms with Crippen LogP contribution in [0.25, 0.3) is 44.2 Å². The van der Waals surface area contributed by atoms with Gasteiger partial charge in [0, 0.05) is 46.2 Å². The number of rotatable bonds is 6. The Bertz CT molecular complexity index is 1890. The van der Waals surface area contributed by atoms with Crippen LogP contribution in [0.3, 0.4) is 0 Å². The smallest absolute Gasteiger partial charge is 0.336 e. The van der Waals surface area contributed by atoms with Gasteiger partial charge in [-0.05, 0) is 73.0 Å². The maximum atomic E-state index is 13.3. The number of ether oxygens (including phenoxy) is 1. The van der Waals surface area contributed by atoms with Crippen molar-refractivity contribution >= 4 is 38.7 Å². The maximum Gasteiger partial charge on any atom is 0.336 e. The van der Waals surface area contributed by atoms with Crippen molar-refractivity contribution in [2.75, 3.05) is 7.11 Å². The first-order chi connectivity index (χ1) is 18.4. The lowest BCUT2D eigenvalue weighted by Gasteiger charge is -2.09. The van der Waals surface area contributed by atoms with Crippen molar-refractivity contribution in [2.24, 2.45) is 0 Å². The number of benzene rings is 3. The number of methoxy groups -OCH3 is 1. The molecule has 190 valence electrons. The van der Waals surface area contributed by atoms with Crippen molar-refractivity contribution in [3.63, 3.8) is 0 Å². The van der Waals surface area contributed by atoms with Crippen LogP contribution in [0.5, 0.6) is 5.75 Å². The Balaban J connectivity index is 1.45. The van der Waals surface area contributed by atoms with Gasteiger partial charge in [-0.2, -0.15) is 0 Å². The van der Waals surface area contributed by atoms with Crippen molar-refractivity contribution in [1.29, 1.82) is 0 Å². The van der Waals surface area contributed by atoms with E-state index in [1.54, 1.807) is 7.11 Å². The number of hydrogen-bond acceptors (Lipinski definition) is 5. The zero-order valence-corrected chi connectivity index (χ0v) is 21.3. The summed E-state index contributed by atoms with van der Waals surface area (Å²) in [4.78, 5) is 28.6. The molecule has 0 radical (unpaired) electrons. The summed E-state index contributed by atoms with van der Waals surface area (Å²) in [5, 5.41) is 5.74. The third kappa shape index (κ3) is 4.02. The Kier molecular flexibility index (Phi) is 5.76. The molecular formula is C31H26N2O5. The second-order valence-electron chi connectivity index (χ2n) is 9.47. The number of hydrogen-bond donors (Lipinski definition) is 2. The van der Waals surface area contributed by atoms with E-state index in [2.05, 4.69) is 10.3 Å². The minimum absolute atomic E-state index is 0.120. The van der Waals surface area contributed by atoms with E-state index in [1.165, 1.54) is 6.07 Å². The molecule has 6 aromatic rings. The van der Waals surface area contributed by atoms with E-state index in [-0.39, 0.29) is 12.3 Å². The number of fused-ring (bicyclic) bond motifs is 4. The first kappa shape index (κ1) is 23.6. The van der Waals surface area contributed by atoms with Crippen LogP contribution >= 0.6 is 0 Å². The number of aryl methyl sites for hydroxylation is 2. The fraction of sp³-hybridized carbons (Fsp3) is 0.161. The van der Waals surface area contributed by atoms with Gasteiger partial charge >= 0.3 is 5.63 Å². The summed E-state index contributed by atoms with van der Waals surface area (Å²) in [7, 11) is 1.62. The van der Waals surface area contributed by atoms with Crippen LogP contribution < -0.4 is 15.7 Å². The van der Waals surface area contributed by atoms with Gasteiger partial charge in [0.05, 0.1) is 18.9 Å². The molecule has 0 spiro atoms. The van der Waals surface area contributed by atoms with E-state index in [4.69, 9.17) is 13.6 Å². The van der Waals surface area contributed by atoms with E-state index < -0.39 is 5.63 Å². The minimum Gasteiger partial charge on any atom is -0.497 e. The molecule has 0 unspecified atom stereocenters. The van der Waals surface area contributed by atoms with Gasteiger partial charge in [0.25, 0.3) is 0 Å². The quantitative estimate of drug-likeness (QED) is 0.263. The predicted molar refractivity (Wildman–Crippen MR) is 148 cm³/mol. The van der Waals surface area contributed by atoms with Crippen LogP contribution in [-0.4, -0.2) is 18.0 Å². The number of carbonyl (C=O) groups is 1. The highest BCUT2D eigenvalue weighted by Crippen LogP contribution is 2.40. The van der Waals surface area contributed by atoms with Crippen LogP contribution in [-0.2, 0) is 17.8 Å². The van der Waals surface area contributed by atoms with Gasteiger partial charge in [-0.15, -0.1) is 0 Å². The zero-order chi connectivity index (χ0) is 26.4. The summed E-state index contributed by atoms with van der Waals surface area (Å²) >= 11 is 0. The summed E-state index contributed by atoms with van der Waals surface area (Å²) in [6.45, 7) is 4.21. The summed E-state index contributed by atoms with van der Waals surface area (Å²) in [6, 6.07) is 18.9. The predicted octanol–water partition coefficient (Wildman–Crippen LogP) is 6.17. The monoisotopic (exact) mass is 506 g/mol. The zero-order valence-electron chi connectivity index (χ0n) is 21.3. The molecule has 0 saturated heterocycles. The average molecular weight is 507 g/mol. The first-order valence-electron chi connectivity index (χ1n) is 12.4. The lowest BCUT2D eigenvalue weighted by atomic mass is 9.97. The molecule has 7 nitrogen and oxygen atoms in total. The Hall–Kier alpha value is -4.78. The highest BCUT2D eigenvalue weighted by molar-refractivity contribution is 6.09. The number of carbonyl (C=O) groups excluding carboxylic acids is 1. The highest BCUT2D eigenvalue weighted by atomic mass is 16.5. The Morgan fingerprint density at radius 3 is 2.55 bits per heavy atom. The van der Waals surface area contributed by atoms with Crippen molar-refractivity contribution in [2.45, 2.75) is 26.8 Å². The summed E-state index contributed by atoms with van der Waals surface area (Å²) < 4.78 is 17.3. The Morgan fingerprint density at radius 2 is 1.76 bits per heavy atom. The summed E-state index contributed by atoms with van der Waals surface area (Å²) in [6.07, 6.45) is 2.02. The number of furan rings is 1. The summed E-state index contributed by atoms with van der Waals surface area (Å²) in [5.41, 5.74) is 5.96. The number of amides is 1. The molecule has 0 aliphatic carbocycles. The van der Waals surface area contributed by atoms with Gasteiger partial charge in [0.2, 0.25) is 5.91 Å². The van der Waals surface area contributed by atoms with E-state index in [0.717, 1.165) is 55.2 Å². The SMILES string of the molecule is COc1ccc(-c2oc3c(c(C)cc4oc(=O)cc(C)c43)c2CC(=O)NCc2cccc3[nH]ccc23)cc1. The van der Waals surface area contributed by atoms with Crippen LogP contribution in [0.1, 0.15) is 22.3 Å². The Morgan fingerprint density at radius 1 is 0.974 bits per heavy atom. The fourth-order valence-corrected chi connectivity index (χ4v) is 5.22. The van der Waals surface area contributed by atoms with E-state index in [0.29, 0.717) is 23.5 Å². The molecular weight excluding hydrogens is 480 g/mol. The van der Waals surface area contributed by atoms with E-state index in [1.807, 2.05) is 74.6 Å². The summed E-state index contributed by atoms with van der Waals surface area (Å²) in [5.74, 6) is 1.21. The molecule has 0 fully saturated rings. The van der Waals surface area contributed by atoms with Crippen LogP contribution in [0, 0.1) is 13.8 Å². The molecule has 3 aromatic heterocycles. The molecule has 38 heavy (non-hydrogen) atoms. The van der Waals surface area contributed by atoms with Gasteiger partial charge in [-0.3, -0.25) is 4.79 Å². The van der Waals surface area contributed by atoms with Crippen molar-refractivity contribution in [3.05, 3.63) is 99.5 Å². The molecule has 2 N–H and O–H groups in total. The molecule has 3 heterocycles. The standard InChI is InChI=1S/C31H26N2O5/c1-17-13-25-29(18(2)14-27(35)37-25)31-28(17)23(30(38-31)19-7-9-21(36-3)10-8-19)15-26(34)33-16-20-5-4-6-24-22(20)11-12-32-24/h4-14,32H,15-16H2,1-3H3,(H,33,34). The van der Waals surface area contributed by atoms with Gasteiger partial charge in [0.15, 0.2) is 0 Å². The highest BCUT2D eigenvalue weighted by Gasteiger charge is 2.23. The lowest BCUT2D eigenvalue weighted by molar-refractivity contribution is -0.120. The molecule has 1 amide bonds. The van der Waals surface area contributed by atoms with E-state index in [9.17, 15) is 9.59 Å². The van der Waals surface area contributed by atoms with Crippen LogP contribution in [0.15, 0.2) is 80.5 Å². The number of nitrogens with one attached hydrogen (secondary N) is 2. The third-order valence-electron chi connectivity index (χ3n) is 7.01.